The van der Waals surface area contributed by atoms with Crippen LogP contribution in [0.5, 0.6) is 11.6 Å². The molecule has 0 radical (unpaired) electrons. The molecule has 2 aromatic carbocycles. The van der Waals surface area contributed by atoms with E-state index < -0.39 is 5.82 Å². The van der Waals surface area contributed by atoms with Crippen molar-refractivity contribution in [3.05, 3.63) is 76.8 Å². The average Bonchev–Trinajstić information content (AvgIpc) is 2.76. The van der Waals surface area contributed by atoms with Gasteiger partial charge in [0.25, 0.3) is 5.91 Å². The standard InChI is InChI=1S/C23H22ClFN4O2/c1-15-3-5-17(6-4-15)23(30)29-10-9-28(13-16(29)2)21-12-22(27-14-26-21)31-20-8-7-18(25)11-19(20)24/h3-8,11-12,14,16H,9-10,13H2,1-2H3/t16-/m1/s1. The van der Waals surface area contributed by atoms with Crippen LogP contribution in [-0.2, 0) is 0 Å². The molecule has 0 saturated carbocycles. The number of benzene rings is 2. The van der Waals surface area contributed by atoms with Crippen LogP contribution in [-0.4, -0.2) is 46.5 Å². The molecule has 1 aromatic heterocycles. The molecule has 3 aromatic rings. The van der Waals surface area contributed by atoms with E-state index in [1.54, 1.807) is 6.07 Å². The zero-order chi connectivity index (χ0) is 22.0. The maximum atomic E-state index is 13.2. The third kappa shape index (κ3) is 4.77. The minimum Gasteiger partial charge on any atom is -0.437 e. The summed E-state index contributed by atoms with van der Waals surface area (Å²) in [6, 6.07) is 13.3. The number of anilines is 1. The van der Waals surface area contributed by atoms with Crippen molar-refractivity contribution in [3.8, 4) is 11.6 Å². The largest absolute Gasteiger partial charge is 0.437 e. The predicted molar refractivity (Wildman–Crippen MR) is 117 cm³/mol. The van der Waals surface area contributed by atoms with Crippen LogP contribution in [0, 0.1) is 12.7 Å². The number of aromatic nitrogens is 2. The Labute approximate surface area is 185 Å². The second kappa shape index (κ2) is 8.89. The Hall–Kier alpha value is -3.19. The lowest BCUT2D eigenvalue weighted by atomic mass is 10.1. The van der Waals surface area contributed by atoms with E-state index in [0.717, 1.165) is 5.56 Å². The van der Waals surface area contributed by atoms with Crippen LogP contribution in [0.15, 0.2) is 54.9 Å². The summed E-state index contributed by atoms with van der Waals surface area (Å²) in [6.45, 7) is 5.87. The first-order valence-electron chi connectivity index (χ1n) is 9.98. The fraction of sp³-hybridized carbons (Fsp3) is 0.261. The number of ether oxygens (including phenoxy) is 1. The van der Waals surface area contributed by atoms with Gasteiger partial charge < -0.3 is 14.5 Å². The molecule has 1 atom stereocenters. The molecule has 0 aliphatic carbocycles. The van der Waals surface area contributed by atoms with Crippen molar-refractivity contribution in [2.75, 3.05) is 24.5 Å². The Bertz CT molecular complexity index is 1090. The van der Waals surface area contributed by atoms with Crippen LogP contribution in [0.1, 0.15) is 22.8 Å². The molecule has 1 aliphatic heterocycles. The zero-order valence-electron chi connectivity index (χ0n) is 17.3. The molecule has 0 bridgehead atoms. The minimum absolute atomic E-state index is 0.00781. The number of aryl methyl sites for hydroxylation is 1. The smallest absolute Gasteiger partial charge is 0.254 e. The van der Waals surface area contributed by atoms with Gasteiger partial charge in [0, 0.05) is 37.3 Å². The summed E-state index contributed by atoms with van der Waals surface area (Å²) in [6.07, 6.45) is 1.41. The molecule has 2 heterocycles. The molecule has 1 saturated heterocycles. The van der Waals surface area contributed by atoms with Gasteiger partial charge in [0.15, 0.2) is 0 Å². The molecule has 0 spiro atoms. The highest BCUT2D eigenvalue weighted by Gasteiger charge is 2.29. The maximum absolute atomic E-state index is 13.2. The van der Waals surface area contributed by atoms with Crippen LogP contribution in [0.2, 0.25) is 5.02 Å². The van der Waals surface area contributed by atoms with Crippen molar-refractivity contribution in [2.24, 2.45) is 0 Å². The van der Waals surface area contributed by atoms with Gasteiger partial charge >= 0.3 is 0 Å². The zero-order valence-corrected chi connectivity index (χ0v) is 18.0. The second-order valence-electron chi connectivity index (χ2n) is 7.55. The number of hydrogen-bond acceptors (Lipinski definition) is 5. The van der Waals surface area contributed by atoms with Gasteiger partial charge in [-0.25, -0.2) is 14.4 Å². The Morgan fingerprint density at radius 3 is 2.61 bits per heavy atom. The van der Waals surface area contributed by atoms with Crippen LogP contribution in [0.25, 0.3) is 0 Å². The summed E-state index contributed by atoms with van der Waals surface area (Å²) in [5.41, 5.74) is 1.82. The van der Waals surface area contributed by atoms with Crippen molar-refractivity contribution in [2.45, 2.75) is 19.9 Å². The first kappa shape index (κ1) is 21.1. The van der Waals surface area contributed by atoms with Gasteiger partial charge in [-0.15, -0.1) is 0 Å². The molecule has 160 valence electrons. The lowest BCUT2D eigenvalue weighted by Gasteiger charge is -2.40. The van der Waals surface area contributed by atoms with E-state index >= 15 is 0 Å². The van der Waals surface area contributed by atoms with Gasteiger partial charge in [-0.1, -0.05) is 29.3 Å². The highest BCUT2D eigenvalue weighted by molar-refractivity contribution is 6.32. The van der Waals surface area contributed by atoms with Crippen LogP contribution in [0.4, 0.5) is 10.2 Å². The number of amides is 1. The summed E-state index contributed by atoms with van der Waals surface area (Å²) in [5, 5.41) is 0.164. The van der Waals surface area contributed by atoms with Crippen molar-refractivity contribution >= 4 is 23.3 Å². The molecular formula is C23H22ClFN4O2. The number of piperazine rings is 1. The summed E-state index contributed by atoms with van der Waals surface area (Å²) < 4.78 is 19.0. The molecular weight excluding hydrogens is 419 g/mol. The SMILES string of the molecule is Cc1ccc(C(=O)N2CCN(c3cc(Oc4ccc(F)cc4Cl)ncn3)C[C@H]2C)cc1. The van der Waals surface area contributed by atoms with Crippen LogP contribution in [0.3, 0.4) is 0 Å². The van der Waals surface area contributed by atoms with E-state index in [9.17, 15) is 9.18 Å². The fourth-order valence-corrected chi connectivity index (χ4v) is 3.76. The Kier molecular flexibility index (Phi) is 6.04. The number of rotatable bonds is 4. The summed E-state index contributed by atoms with van der Waals surface area (Å²) in [4.78, 5) is 25.4. The molecule has 0 unspecified atom stereocenters. The molecule has 31 heavy (non-hydrogen) atoms. The number of halogens is 2. The van der Waals surface area contributed by atoms with Gasteiger partial charge in [-0.3, -0.25) is 4.79 Å². The average molecular weight is 441 g/mol. The predicted octanol–water partition coefficient (Wildman–Crippen LogP) is 4.72. The van der Waals surface area contributed by atoms with E-state index in [1.165, 1.54) is 24.5 Å². The van der Waals surface area contributed by atoms with Gasteiger partial charge in [0.1, 0.15) is 23.7 Å². The van der Waals surface area contributed by atoms with E-state index in [1.807, 2.05) is 43.0 Å². The highest BCUT2D eigenvalue weighted by atomic mass is 35.5. The Morgan fingerprint density at radius 1 is 1.13 bits per heavy atom. The Morgan fingerprint density at radius 2 is 1.90 bits per heavy atom. The van der Waals surface area contributed by atoms with E-state index in [4.69, 9.17) is 16.3 Å². The van der Waals surface area contributed by atoms with E-state index in [2.05, 4.69) is 14.9 Å². The molecule has 4 rings (SSSR count). The van der Waals surface area contributed by atoms with Gasteiger partial charge in [-0.2, -0.15) is 0 Å². The molecule has 1 fully saturated rings. The van der Waals surface area contributed by atoms with Crippen molar-refractivity contribution in [1.29, 1.82) is 0 Å². The maximum Gasteiger partial charge on any atom is 0.254 e. The van der Waals surface area contributed by atoms with Gasteiger partial charge in [-0.05, 0) is 44.2 Å². The summed E-state index contributed by atoms with van der Waals surface area (Å²) in [5.74, 6) is 0.911. The molecule has 1 amide bonds. The second-order valence-corrected chi connectivity index (χ2v) is 7.96. The normalized spacial score (nSPS) is 16.3. The number of carbonyl (C=O) groups excluding carboxylic acids is 1. The first-order valence-corrected chi connectivity index (χ1v) is 10.4. The van der Waals surface area contributed by atoms with Gasteiger partial charge in [0.2, 0.25) is 5.88 Å². The molecule has 0 N–H and O–H groups in total. The monoisotopic (exact) mass is 440 g/mol. The lowest BCUT2D eigenvalue weighted by Crippen LogP contribution is -2.54. The van der Waals surface area contributed by atoms with Crippen LogP contribution >= 0.6 is 11.6 Å². The van der Waals surface area contributed by atoms with E-state index in [-0.39, 0.29) is 17.0 Å². The third-order valence-electron chi connectivity index (χ3n) is 5.25. The summed E-state index contributed by atoms with van der Waals surface area (Å²) in [7, 11) is 0. The van der Waals surface area contributed by atoms with Crippen molar-refractivity contribution < 1.29 is 13.9 Å². The molecule has 8 heteroatoms. The quantitative estimate of drug-likeness (QED) is 0.587. The van der Waals surface area contributed by atoms with E-state index in [0.29, 0.717) is 42.6 Å². The van der Waals surface area contributed by atoms with Crippen LogP contribution < -0.4 is 9.64 Å². The minimum atomic E-state index is -0.437. The number of nitrogens with zero attached hydrogens (tertiary/aromatic N) is 4. The van der Waals surface area contributed by atoms with Crippen molar-refractivity contribution in [3.63, 3.8) is 0 Å². The highest BCUT2D eigenvalue weighted by Crippen LogP contribution is 2.30. The van der Waals surface area contributed by atoms with Gasteiger partial charge in [0.05, 0.1) is 5.02 Å². The fourth-order valence-electron chi connectivity index (χ4n) is 3.56. The summed E-state index contributed by atoms with van der Waals surface area (Å²) >= 11 is 6.04. The molecule has 6 nitrogen and oxygen atoms in total. The number of carbonyl (C=O) groups is 1. The first-order chi connectivity index (χ1) is 14.9. The number of hydrogen-bond donors (Lipinski definition) is 0. The topological polar surface area (TPSA) is 58.6 Å². The third-order valence-corrected chi connectivity index (χ3v) is 5.54. The molecule has 1 aliphatic rings. The van der Waals surface area contributed by atoms with Crippen molar-refractivity contribution in [1.82, 2.24) is 14.9 Å². The Balaban J connectivity index is 1.45. The lowest BCUT2D eigenvalue weighted by molar-refractivity contribution is 0.0673.